The van der Waals surface area contributed by atoms with Gasteiger partial charge in [-0.3, -0.25) is 19.2 Å². The lowest BCUT2D eigenvalue weighted by molar-refractivity contribution is -0.197. The second-order valence-corrected chi connectivity index (χ2v) is 8.20. The number of aliphatic hydroxyl groups is 1. The first kappa shape index (κ1) is 25.5. The third kappa shape index (κ3) is 6.61. The Hall–Kier alpha value is -2.78. The van der Waals surface area contributed by atoms with E-state index in [9.17, 15) is 27.6 Å². The van der Waals surface area contributed by atoms with Crippen molar-refractivity contribution in [2.24, 2.45) is 0 Å². The monoisotopic (exact) mass is 569 g/mol. The van der Waals surface area contributed by atoms with Crippen molar-refractivity contribution >= 4 is 48.2 Å². The largest absolute Gasteiger partial charge is 0.394 e. The van der Waals surface area contributed by atoms with Crippen molar-refractivity contribution in [2.75, 3.05) is 18.5 Å². The number of benzene rings is 1. The number of aliphatic hydroxyl groups excluding tert-OH is 1. The third-order valence-electron chi connectivity index (χ3n) is 3.77. The highest BCUT2D eigenvalue weighted by Gasteiger charge is 2.26. The van der Waals surface area contributed by atoms with E-state index in [0.29, 0.717) is 5.06 Å². The summed E-state index contributed by atoms with van der Waals surface area (Å²) in [4.78, 5) is 44.8. The summed E-state index contributed by atoms with van der Waals surface area (Å²) in [6, 6.07) is 0.902. The summed E-state index contributed by atoms with van der Waals surface area (Å²) in [7, 11) is 0. The SMILES string of the molecule is CC(=O)ON(Cc1cc(C(=O)NOCCO)c(NC2=C(F)C=IC=C2)c(F)c1F)C(C)=O. The van der Waals surface area contributed by atoms with Gasteiger partial charge in [-0.1, -0.05) is 20.7 Å². The molecule has 0 bridgehead atoms. The van der Waals surface area contributed by atoms with Crippen LogP contribution >= 0.6 is 20.7 Å². The normalized spacial score (nSPS) is 12.8. The first-order valence-electron chi connectivity index (χ1n) is 8.94. The molecule has 2 rings (SSSR count). The van der Waals surface area contributed by atoms with Gasteiger partial charge in [0.05, 0.1) is 36.7 Å². The van der Waals surface area contributed by atoms with Gasteiger partial charge in [0.2, 0.25) is 0 Å². The van der Waals surface area contributed by atoms with Gasteiger partial charge in [-0.2, -0.15) is 5.06 Å². The topological polar surface area (TPSA) is 117 Å². The number of hydrogen-bond acceptors (Lipinski definition) is 7. The van der Waals surface area contributed by atoms with Gasteiger partial charge in [0, 0.05) is 23.4 Å². The number of anilines is 1. The molecule has 2 amide bonds. The number of nitrogens with one attached hydrogen (secondary N) is 2. The number of allylic oxidation sites excluding steroid dienone is 2. The fourth-order valence-corrected chi connectivity index (χ4v) is 3.82. The van der Waals surface area contributed by atoms with Crippen LogP contribution in [0.25, 0.3) is 0 Å². The number of carbonyl (C=O) groups excluding carboxylic acids is 3. The number of nitrogens with zero attached hydrogens (tertiary/aromatic N) is 1. The summed E-state index contributed by atoms with van der Waals surface area (Å²) in [5.74, 6) is -6.37. The number of carbonyl (C=O) groups is 3. The summed E-state index contributed by atoms with van der Waals surface area (Å²) in [6.07, 6.45) is 1.34. The van der Waals surface area contributed by atoms with E-state index < -0.39 is 85.9 Å². The Kier molecular flexibility index (Phi) is 9.34. The van der Waals surface area contributed by atoms with E-state index in [1.807, 2.05) is 5.48 Å². The Bertz CT molecular complexity index is 1010. The molecule has 0 atom stereocenters. The lowest BCUT2D eigenvalue weighted by Gasteiger charge is -2.21. The maximum absolute atomic E-state index is 15.0. The molecule has 0 saturated carbocycles. The summed E-state index contributed by atoms with van der Waals surface area (Å²) in [6.45, 7) is 0.637. The molecule has 1 aromatic rings. The van der Waals surface area contributed by atoms with Gasteiger partial charge < -0.3 is 15.3 Å². The van der Waals surface area contributed by atoms with Crippen LogP contribution in [0.15, 0.2) is 27.7 Å². The number of hydroxylamine groups is 3. The van der Waals surface area contributed by atoms with Crippen LogP contribution in [0.2, 0.25) is 0 Å². The van der Waals surface area contributed by atoms with Crippen LogP contribution in [-0.4, -0.2) is 45.2 Å². The average molecular weight is 569 g/mol. The second-order valence-electron chi connectivity index (χ2n) is 6.14. The molecular formula is C19H19F3IN3O6. The van der Waals surface area contributed by atoms with Gasteiger partial charge in [0.15, 0.2) is 17.5 Å². The molecule has 1 aliphatic heterocycles. The zero-order valence-corrected chi connectivity index (χ0v) is 19.0. The Morgan fingerprint density at radius 1 is 1.19 bits per heavy atom. The highest BCUT2D eigenvalue weighted by Crippen LogP contribution is 2.30. The van der Waals surface area contributed by atoms with E-state index in [1.165, 1.54) is 10.1 Å². The van der Waals surface area contributed by atoms with Crippen LogP contribution in [0.3, 0.4) is 0 Å². The van der Waals surface area contributed by atoms with Crippen LogP contribution in [-0.2, 0) is 25.8 Å². The fraction of sp³-hybridized carbons (Fsp3) is 0.263. The van der Waals surface area contributed by atoms with Crippen molar-refractivity contribution < 1.29 is 42.3 Å². The molecule has 3 N–H and O–H groups in total. The Labute approximate surface area is 190 Å². The van der Waals surface area contributed by atoms with Gasteiger partial charge in [-0.15, -0.1) is 0 Å². The predicted molar refractivity (Wildman–Crippen MR) is 116 cm³/mol. The number of halogens is 4. The van der Waals surface area contributed by atoms with Gasteiger partial charge in [-0.25, -0.2) is 18.7 Å². The van der Waals surface area contributed by atoms with Crippen LogP contribution in [0.5, 0.6) is 0 Å². The Balaban J connectivity index is 2.52. The van der Waals surface area contributed by atoms with Crippen molar-refractivity contribution in [3.8, 4) is 0 Å². The van der Waals surface area contributed by atoms with Crippen molar-refractivity contribution in [2.45, 2.75) is 20.4 Å². The summed E-state index contributed by atoms with van der Waals surface area (Å²) in [5.41, 5.74) is 0.0987. The minimum atomic E-state index is -1.53. The lowest BCUT2D eigenvalue weighted by Crippen LogP contribution is -2.31. The Morgan fingerprint density at radius 3 is 2.50 bits per heavy atom. The lowest BCUT2D eigenvalue weighted by atomic mass is 10.1. The molecule has 1 aromatic carbocycles. The average Bonchev–Trinajstić information content (AvgIpc) is 2.73. The molecule has 1 aliphatic rings. The summed E-state index contributed by atoms with van der Waals surface area (Å²) >= 11 is -0.652. The number of rotatable bonds is 8. The molecule has 0 aromatic heterocycles. The highest BCUT2D eigenvalue weighted by atomic mass is 127. The molecule has 1 heterocycles. The first-order chi connectivity index (χ1) is 15.1. The zero-order valence-electron chi connectivity index (χ0n) is 16.9. The van der Waals surface area contributed by atoms with Crippen LogP contribution in [0.1, 0.15) is 29.8 Å². The molecule has 0 aliphatic carbocycles. The van der Waals surface area contributed by atoms with Crippen molar-refractivity contribution in [1.82, 2.24) is 10.5 Å². The van der Waals surface area contributed by atoms with E-state index in [2.05, 4.69) is 10.2 Å². The van der Waals surface area contributed by atoms with E-state index in [-0.39, 0.29) is 12.3 Å². The van der Waals surface area contributed by atoms with Gasteiger partial charge >= 0.3 is 5.97 Å². The second kappa shape index (κ2) is 11.7. The molecule has 13 heteroatoms. The molecule has 0 saturated heterocycles. The van der Waals surface area contributed by atoms with Crippen molar-refractivity contribution in [3.05, 3.63) is 50.5 Å². The number of amides is 2. The summed E-state index contributed by atoms with van der Waals surface area (Å²) in [5, 5.41) is 11.6. The van der Waals surface area contributed by atoms with Crippen LogP contribution < -0.4 is 10.8 Å². The highest BCUT2D eigenvalue weighted by molar-refractivity contribution is 14.2. The van der Waals surface area contributed by atoms with Crippen LogP contribution in [0.4, 0.5) is 18.9 Å². The molecular weight excluding hydrogens is 550 g/mol. The third-order valence-corrected chi connectivity index (χ3v) is 5.45. The fourth-order valence-electron chi connectivity index (χ4n) is 2.40. The van der Waals surface area contributed by atoms with E-state index >= 15 is 0 Å². The molecule has 32 heavy (non-hydrogen) atoms. The molecule has 9 nitrogen and oxygen atoms in total. The summed E-state index contributed by atoms with van der Waals surface area (Å²) < 4.78 is 46.8. The van der Waals surface area contributed by atoms with Crippen molar-refractivity contribution in [3.63, 3.8) is 0 Å². The van der Waals surface area contributed by atoms with Crippen LogP contribution in [0, 0.1) is 11.6 Å². The van der Waals surface area contributed by atoms with Gasteiger partial charge in [-0.05, 0) is 16.2 Å². The van der Waals surface area contributed by atoms with Gasteiger partial charge in [0.25, 0.3) is 11.8 Å². The predicted octanol–water partition coefficient (Wildman–Crippen LogP) is 2.34. The number of hydrogen-bond donors (Lipinski definition) is 3. The molecule has 0 unspecified atom stereocenters. The standard InChI is InChI=1S/C19H19F3IN3O6/c1-10(28)26(32-11(2)29)9-12-7-13(19(30)25-31-6-5-27)18(17(22)16(12)21)24-15-3-4-23-8-14(15)20/h3-4,7-8,24,27H,5-6,9H2,1-2H3,(H,25,30). The smallest absolute Gasteiger partial charge is 0.329 e. The van der Waals surface area contributed by atoms with Crippen molar-refractivity contribution in [1.29, 1.82) is 0 Å². The minimum Gasteiger partial charge on any atom is -0.394 e. The quantitative estimate of drug-likeness (QED) is 0.250. The molecule has 0 fully saturated rings. The van der Waals surface area contributed by atoms with E-state index in [0.717, 1.165) is 19.9 Å². The van der Waals surface area contributed by atoms with Gasteiger partial charge in [0.1, 0.15) is 0 Å². The molecule has 0 spiro atoms. The minimum absolute atomic E-state index is 0.183. The van der Waals surface area contributed by atoms with E-state index in [4.69, 9.17) is 9.94 Å². The maximum atomic E-state index is 15.0. The molecule has 174 valence electrons. The zero-order chi connectivity index (χ0) is 23.8. The van der Waals surface area contributed by atoms with E-state index in [1.54, 1.807) is 4.08 Å². The first-order valence-corrected chi connectivity index (χ1v) is 11.4. The molecule has 0 radical (unpaired) electrons. The Morgan fingerprint density at radius 2 is 1.91 bits per heavy atom. The maximum Gasteiger partial charge on any atom is 0.329 e.